The van der Waals surface area contributed by atoms with Crippen LogP contribution in [0.1, 0.15) is 38.0 Å². The van der Waals surface area contributed by atoms with Crippen molar-refractivity contribution in [1.82, 2.24) is 15.5 Å². The predicted octanol–water partition coefficient (Wildman–Crippen LogP) is 1.06. The largest absolute Gasteiger partial charge is 0.468 e. The van der Waals surface area contributed by atoms with Crippen LogP contribution in [0.4, 0.5) is 0 Å². The normalized spacial score (nSPS) is 16.6. The van der Waals surface area contributed by atoms with Crippen molar-refractivity contribution in [3.8, 4) is 0 Å². The van der Waals surface area contributed by atoms with E-state index in [2.05, 4.69) is 15.5 Å². The maximum absolute atomic E-state index is 11.8. The number of amides is 2. The lowest BCUT2D eigenvalue weighted by Gasteiger charge is -2.26. The van der Waals surface area contributed by atoms with Crippen LogP contribution in [-0.4, -0.2) is 42.9 Å². The first-order valence-electron chi connectivity index (χ1n) is 7.45. The molecule has 1 aromatic heterocycles. The summed E-state index contributed by atoms with van der Waals surface area (Å²) in [6.45, 7) is 4.42. The Balaban J connectivity index is 1.82. The molecule has 6 heteroatoms. The number of nitrogens with zero attached hydrogens (tertiary/aromatic N) is 1. The maximum Gasteiger partial charge on any atom is 0.221 e. The fourth-order valence-electron chi connectivity index (χ4n) is 2.59. The van der Waals surface area contributed by atoms with Crippen LogP contribution in [0.5, 0.6) is 0 Å². The van der Waals surface area contributed by atoms with Crippen molar-refractivity contribution in [3.63, 3.8) is 0 Å². The van der Waals surface area contributed by atoms with E-state index in [0.29, 0.717) is 19.5 Å². The molecule has 0 bridgehead atoms. The highest BCUT2D eigenvalue weighted by molar-refractivity contribution is 5.77. The molecule has 21 heavy (non-hydrogen) atoms. The van der Waals surface area contributed by atoms with Crippen molar-refractivity contribution in [3.05, 3.63) is 24.2 Å². The van der Waals surface area contributed by atoms with Gasteiger partial charge in [0.25, 0.3) is 0 Å². The number of rotatable bonds is 7. The van der Waals surface area contributed by atoms with Crippen LogP contribution in [0.3, 0.4) is 0 Å². The molecule has 116 valence electrons. The minimum Gasteiger partial charge on any atom is -0.468 e. The Morgan fingerprint density at radius 3 is 2.71 bits per heavy atom. The number of hydrogen-bond donors (Lipinski definition) is 2. The molecule has 1 aromatic rings. The molecule has 6 nitrogen and oxygen atoms in total. The summed E-state index contributed by atoms with van der Waals surface area (Å²) in [5.41, 5.74) is 0. The maximum atomic E-state index is 11.8. The Morgan fingerprint density at radius 1 is 1.33 bits per heavy atom. The molecule has 0 saturated carbocycles. The Bertz CT molecular complexity index is 453. The Labute approximate surface area is 124 Å². The molecule has 1 aliphatic rings. The summed E-state index contributed by atoms with van der Waals surface area (Å²) in [5.74, 6) is 0.715. The SMILES string of the molecule is CC(=O)NCCC(=O)NCC(c1ccco1)N1CCCC1. The molecule has 2 amide bonds. The summed E-state index contributed by atoms with van der Waals surface area (Å²) >= 11 is 0. The monoisotopic (exact) mass is 293 g/mol. The summed E-state index contributed by atoms with van der Waals surface area (Å²) in [6.07, 6.45) is 4.34. The smallest absolute Gasteiger partial charge is 0.221 e. The minimum atomic E-state index is -0.117. The number of carbonyl (C=O) groups is 2. The zero-order valence-corrected chi connectivity index (χ0v) is 12.4. The average Bonchev–Trinajstić information content (AvgIpc) is 3.11. The molecule has 1 saturated heterocycles. The fourth-order valence-corrected chi connectivity index (χ4v) is 2.59. The van der Waals surface area contributed by atoms with Crippen molar-refractivity contribution in [1.29, 1.82) is 0 Å². The molecule has 1 aliphatic heterocycles. The lowest BCUT2D eigenvalue weighted by atomic mass is 10.2. The summed E-state index contributed by atoms with van der Waals surface area (Å²) in [7, 11) is 0. The molecule has 2 heterocycles. The number of carbonyl (C=O) groups excluding carboxylic acids is 2. The zero-order chi connectivity index (χ0) is 15.1. The van der Waals surface area contributed by atoms with Gasteiger partial charge in [0, 0.05) is 26.4 Å². The third-order valence-corrected chi connectivity index (χ3v) is 3.67. The van der Waals surface area contributed by atoms with Gasteiger partial charge in [0.1, 0.15) is 5.76 Å². The zero-order valence-electron chi connectivity index (χ0n) is 12.4. The second kappa shape index (κ2) is 7.83. The van der Waals surface area contributed by atoms with Crippen LogP contribution in [0.2, 0.25) is 0 Å². The Hall–Kier alpha value is -1.82. The van der Waals surface area contributed by atoms with E-state index in [-0.39, 0.29) is 17.9 Å². The highest BCUT2D eigenvalue weighted by atomic mass is 16.3. The lowest BCUT2D eigenvalue weighted by molar-refractivity contribution is -0.121. The molecular weight excluding hydrogens is 270 g/mol. The van der Waals surface area contributed by atoms with E-state index >= 15 is 0 Å². The van der Waals surface area contributed by atoms with Crippen molar-refractivity contribution < 1.29 is 14.0 Å². The fraction of sp³-hybridized carbons (Fsp3) is 0.600. The number of likely N-dealkylation sites (tertiary alicyclic amines) is 1. The highest BCUT2D eigenvalue weighted by Crippen LogP contribution is 2.24. The predicted molar refractivity (Wildman–Crippen MR) is 78.6 cm³/mol. The quantitative estimate of drug-likeness (QED) is 0.788. The summed E-state index contributed by atoms with van der Waals surface area (Å²) in [6, 6.07) is 3.91. The van der Waals surface area contributed by atoms with Gasteiger partial charge >= 0.3 is 0 Å². The van der Waals surface area contributed by atoms with Crippen molar-refractivity contribution in [2.24, 2.45) is 0 Å². The standard InChI is InChI=1S/C15H23N3O3/c1-12(19)16-7-6-15(20)17-11-13(14-5-4-10-21-14)18-8-2-3-9-18/h4-5,10,13H,2-3,6-9,11H2,1H3,(H,16,19)(H,17,20). The first-order valence-corrected chi connectivity index (χ1v) is 7.45. The first kappa shape index (κ1) is 15.6. The van der Waals surface area contributed by atoms with Crippen LogP contribution < -0.4 is 10.6 Å². The third kappa shape index (κ3) is 4.90. The van der Waals surface area contributed by atoms with Crippen molar-refractivity contribution in [2.45, 2.75) is 32.2 Å². The van der Waals surface area contributed by atoms with Gasteiger partial charge < -0.3 is 15.1 Å². The minimum absolute atomic E-state index is 0.0560. The van der Waals surface area contributed by atoms with E-state index in [1.807, 2.05) is 12.1 Å². The van der Waals surface area contributed by atoms with Gasteiger partial charge in [-0.1, -0.05) is 0 Å². The second-order valence-electron chi connectivity index (χ2n) is 5.31. The third-order valence-electron chi connectivity index (χ3n) is 3.67. The van der Waals surface area contributed by atoms with Gasteiger partial charge in [-0.2, -0.15) is 0 Å². The molecule has 1 fully saturated rings. The van der Waals surface area contributed by atoms with Gasteiger partial charge in [-0.15, -0.1) is 0 Å². The Morgan fingerprint density at radius 2 is 2.10 bits per heavy atom. The van der Waals surface area contributed by atoms with Gasteiger partial charge in [0.05, 0.1) is 12.3 Å². The number of furan rings is 1. The van der Waals surface area contributed by atoms with Crippen LogP contribution in [0.25, 0.3) is 0 Å². The molecule has 0 aliphatic carbocycles. The van der Waals surface area contributed by atoms with Crippen LogP contribution in [-0.2, 0) is 9.59 Å². The topological polar surface area (TPSA) is 74.6 Å². The molecule has 0 spiro atoms. The lowest BCUT2D eigenvalue weighted by Crippen LogP contribution is -2.37. The van der Waals surface area contributed by atoms with E-state index < -0.39 is 0 Å². The second-order valence-corrected chi connectivity index (χ2v) is 5.31. The van der Waals surface area contributed by atoms with Crippen LogP contribution >= 0.6 is 0 Å². The summed E-state index contributed by atoms with van der Waals surface area (Å²) in [4.78, 5) is 24.9. The van der Waals surface area contributed by atoms with Gasteiger partial charge in [0.15, 0.2) is 0 Å². The molecule has 0 radical (unpaired) electrons. The van der Waals surface area contributed by atoms with E-state index in [1.54, 1.807) is 6.26 Å². The number of hydrogen-bond acceptors (Lipinski definition) is 4. The van der Waals surface area contributed by atoms with E-state index in [1.165, 1.54) is 19.8 Å². The van der Waals surface area contributed by atoms with Crippen LogP contribution in [0.15, 0.2) is 22.8 Å². The first-order chi connectivity index (χ1) is 10.2. The van der Waals surface area contributed by atoms with E-state index in [9.17, 15) is 9.59 Å². The summed E-state index contributed by atoms with van der Waals surface area (Å²) < 4.78 is 5.50. The average molecular weight is 293 g/mol. The van der Waals surface area contributed by atoms with E-state index in [4.69, 9.17) is 4.42 Å². The number of nitrogens with one attached hydrogen (secondary N) is 2. The van der Waals surface area contributed by atoms with Crippen molar-refractivity contribution >= 4 is 11.8 Å². The summed E-state index contributed by atoms with van der Waals surface area (Å²) in [5, 5.41) is 5.55. The molecule has 1 atom stereocenters. The van der Waals surface area contributed by atoms with E-state index in [0.717, 1.165) is 18.8 Å². The molecular formula is C15H23N3O3. The highest BCUT2D eigenvalue weighted by Gasteiger charge is 2.25. The van der Waals surface area contributed by atoms with Crippen LogP contribution in [0, 0.1) is 0 Å². The van der Waals surface area contributed by atoms with Gasteiger partial charge in [0.2, 0.25) is 11.8 Å². The molecule has 0 aromatic carbocycles. The van der Waals surface area contributed by atoms with Gasteiger partial charge in [-0.05, 0) is 38.1 Å². The molecule has 1 unspecified atom stereocenters. The van der Waals surface area contributed by atoms with Gasteiger partial charge in [-0.3, -0.25) is 14.5 Å². The van der Waals surface area contributed by atoms with Crippen molar-refractivity contribution in [2.75, 3.05) is 26.2 Å². The van der Waals surface area contributed by atoms with Gasteiger partial charge in [-0.25, -0.2) is 0 Å². The Kier molecular flexibility index (Phi) is 5.80. The molecule has 2 N–H and O–H groups in total. The molecule has 2 rings (SSSR count).